The zero-order valence-electron chi connectivity index (χ0n) is 10.5. The Balaban J connectivity index is 2.15. The SMILES string of the molecule is COCCCOCCNc1cc(C)ccc1Cl. The Bertz CT molecular complexity index is 331. The third-order valence-corrected chi connectivity index (χ3v) is 2.65. The standard InChI is InChI=1S/C13H20ClNO2/c1-11-4-5-12(14)13(10-11)15-6-9-17-8-3-7-16-2/h4-5,10,15H,3,6-9H2,1-2H3. The molecule has 4 heteroatoms. The van der Waals surface area contributed by atoms with Crippen molar-refractivity contribution >= 4 is 17.3 Å². The summed E-state index contributed by atoms with van der Waals surface area (Å²) in [4.78, 5) is 0. The summed E-state index contributed by atoms with van der Waals surface area (Å²) in [5.74, 6) is 0. The third kappa shape index (κ3) is 5.91. The Kier molecular flexibility index (Phi) is 7.01. The molecule has 1 rings (SSSR count). The molecule has 0 heterocycles. The Hall–Kier alpha value is -0.770. The lowest BCUT2D eigenvalue weighted by Gasteiger charge is -2.09. The molecule has 0 atom stereocenters. The molecule has 1 N–H and O–H groups in total. The molecule has 0 aliphatic carbocycles. The Morgan fingerprint density at radius 2 is 2.06 bits per heavy atom. The predicted molar refractivity (Wildman–Crippen MR) is 72.0 cm³/mol. The van der Waals surface area contributed by atoms with Crippen molar-refractivity contribution in [2.75, 3.05) is 38.8 Å². The molecule has 0 saturated carbocycles. The van der Waals surface area contributed by atoms with Gasteiger partial charge in [-0.2, -0.15) is 0 Å². The van der Waals surface area contributed by atoms with Crippen LogP contribution in [0.2, 0.25) is 5.02 Å². The van der Waals surface area contributed by atoms with E-state index in [2.05, 4.69) is 5.32 Å². The van der Waals surface area contributed by atoms with E-state index in [1.807, 2.05) is 25.1 Å². The van der Waals surface area contributed by atoms with E-state index in [1.165, 1.54) is 5.56 Å². The first-order valence-electron chi connectivity index (χ1n) is 5.80. The first-order chi connectivity index (χ1) is 8.24. The Labute approximate surface area is 108 Å². The van der Waals surface area contributed by atoms with Gasteiger partial charge in [0.25, 0.3) is 0 Å². The summed E-state index contributed by atoms with van der Waals surface area (Å²) in [6.07, 6.45) is 0.932. The Morgan fingerprint density at radius 3 is 2.82 bits per heavy atom. The number of anilines is 1. The molecule has 0 bridgehead atoms. The molecule has 0 fully saturated rings. The van der Waals surface area contributed by atoms with Gasteiger partial charge in [0.1, 0.15) is 0 Å². The fraction of sp³-hybridized carbons (Fsp3) is 0.538. The molecule has 3 nitrogen and oxygen atoms in total. The smallest absolute Gasteiger partial charge is 0.0639 e. The van der Waals surface area contributed by atoms with Crippen molar-refractivity contribution in [2.24, 2.45) is 0 Å². The van der Waals surface area contributed by atoms with Crippen LogP contribution in [0, 0.1) is 6.92 Å². The van der Waals surface area contributed by atoms with E-state index in [-0.39, 0.29) is 0 Å². The van der Waals surface area contributed by atoms with E-state index in [4.69, 9.17) is 21.1 Å². The molecule has 17 heavy (non-hydrogen) atoms. The van der Waals surface area contributed by atoms with Gasteiger partial charge >= 0.3 is 0 Å². The summed E-state index contributed by atoms with van der Waals surface area (Å²) in [6.45, 7) is 4.96. The maximum Gasteiger partial charge on any atom is 0.0639 e. The number of benzene rings is 1. The van der Waals surface area contributed by atoms with Crippen LogP contribution < -0.4 is 5.32 Å². The summed E-state index contributed by atoms with van der Waals surface area (Å²) in [5.41, 5.74) is 2.16. The number of hydrogen-bond donors (Lipinski definition) is 1. The van der Waals surface area contributed by atoms with Crippen molar-refractivity contribution in [1.82, 2.24) is 0 Å². The van der Waals surface area contributed by atoms with Gasteiger partial charge in [-0.15, -0.1) is 0 Å². The van der Waals surface area contributed by atoms with Gasteiger partial charge in [-0.25, -0.2) is 0 Å². The quantitative estimate of drug-likeness (QED) is 0.726. The minimum Gasteiger partial charge on any atom is -0.385 e. The van der Waals surface area contributed by atoms with Crippen molar-refractivity contribution in [2.45, 2.75) is 13.3 Å². The van der Waals surface area contributed by atoms with E-state index in [0.717, 1.165) is 36.9 Å². The monoisotopic (exact) mass is 257 g/mol. The van der Waals surface area contributed by atoms with Gasteiger partial charge in [0, 0.05) is 26.9 Å². The lowest BCUT2D eigenvalue weighted by molar-refractivity contribution is 0.109. The number of methoxy groups -OCH3 is 1. The lowest BCUT2D eigenvalue weighted by atomic mass is 10.2. The van der Waals surface area contributed by atoms with Crippen LogP contribution in [0.5, 0.6) is 0 Å². The zero-order chi connectivity index (χ0) is 12.5. The van der Waals surface area contributed by atoms with Crippen LogP contribution in [0.15, 0.2) is 18.2 Å². The van der Waals surface area contributed by atoms with Crippen LogP contribution in [-0.2, 0) is 9.47 Å². The molecule has 0 radical (unpaired) electrons. The minimum atomic E-state index is 0.675. The summed E-state index contributed by atoms with van der Waals surface area (Å²) in [5, 5.41) is 4.00. The summed E-state index contributed by atoms with van der Waals surface area (Å²) in [7, 11) is 1.70. The second-order valence-corrected chi connectivity index (χ2v) is 4.28. The number of hydrogen-bond acceptors (Lipinski definition) is 3. The number of rotatable bonds is 8. The van der Waals surface area contributed by atoms with Crippen LogP contribution in [0.1, 0.15) is 12.0 Å². The van der Waals surface area contributed by atoms with Gasteiger partial charge < -0.3 is 14.8 Å². The fourth-order valence-electron chi connectivity index (χ4n) is 1.44. The normalized spacial score (nSPS) is 10.5. The highest BCUT2D eigenvalue weighted by atomic mass is 35.5. The zero-order valence-corrected chi connectivity index (χ0v) is 11.2. The van der Waals surface area contributed by atoms with E-state index in [1.54, 1.807) is 7.11 Å². The molecule has 1 aromatic carbocycles. The molecule has 0 saturated heterocycles. The van der Waals surface area contributed by atoms with Crippen LogP contribution >= 0.6 is 11.6 Å². The molecule has 0 amide bonds. The highest BCUT2D eigenvalue weighted by Gasteiger charge is 1.99. The molecule has 0 aliphatic heterocycles. The highest BCUT2D eigenvalue weighted by molar-refractivity contribution is 6.33. The molecule has 0 spiro atoms. The van der Waals surface area contributed by atoms with Crippen LogP contribution in [-0.4, -0.2) is 33.5 Å². The summed E-state index contributed by atoms with van der Waals surface area (Å²) >= 11 is 6.06. The Morgan fingerprint density at radius 1 is 1.24 bits per heavy atom. The van der Waals surface area contributed by atoms with Crippen LogP contribution in [0.25, 0.3) is 0 Å². The lowest BCUT2D eigenvalue weighted by Crippen LogP contribution is -2.11. The number of nitrogens with one attached hydrogen (secondary N) is 1. The molecule has 0 aromatic heterocycles. The van der Waals surface area contributed by atoms with Gasteiger partial charge in [-0.05, 0) is 31.0 Å². The van der Waals surface area contributed by atoms with Crippen LogP contribution in [0.3, 0.4) is 0 Å². The molecule has 0 unspecified atom stereocenters. The second kappa shape index (κ2) is 8.34. The summed E-state index contributed by atoms with van der Waals surface area (Å²) < 4.78 is 10.4. The number of aryl methyl sites for hydroxylation is 1. The fourth-order valence-corrected chi connectivity index (χ4v) is 1.62. The maximum atomic E-state index is 6.06. The summed E-state index contributed by atoms with van der Waals surface area (Å²) in [6, 6.07) is 5.93. The topological polar surface area (TPSA) is 30.5 Å². The first kappa shape index (κ1) is 14.3. The molecule has 1 aromatic rings. The molecular weight excluding hydrogens is 238 g/mol. The van der Waals surface area contributed by atoms with Gasteiger partial charge in [0.05, 0.1) is 17.3 Å². The van der Waals surface area contributed by atoms with Gasteiger partial charge in [0.2, 0.25) is 0 Å². The van der Waals surface area contributed by atoms with E-state index in [0.29, 0.717) is 6.61 Å². The largest absolute Gasteiger partial charge is 0.385 e. The molecular formula is C13H20ClNO2. The maximum absolute atomic E-state index is 6.06. The van der Waals surface area contributed by atoms with Crippen molar-refractivity contribution in [3.63, 3.8) is 0 Å². The van der Waals surface area contributed by atoms with Crippen molar-refractivity contribution in [3.05, 3.63) is 28.8 Å². The van der Waals surface area contributed by atoms with E-state index in [9.17, 15) is 0 Å². The molecule has 0 aliphatic rings. The number of halogens is 1. The third-order valence-electron chi connectivity index (χ3n) is 2.32. The highest BCUT2D eigenvalue weighted by Crippen LogP contribution is 2.22. The second-order valence-electron chi connectivity index (χ2n) is 3.87. The van der Waals surface area contributed by atoms with Crippen molar-refractivity contribution in [1.29, 1.82) is 0 Å². The van der Waals surface area contributed by atoms with Crippen LogP contribution in [0.4, 0.5) is 5.69 Å². The predicted octanol–water partition coefficient (Wildman–Crippen LogP) is 3.11. The first-order valence-corrected chi connectivity index (χ1v) is 6.18. The van der Waals surface area contributed by atoms with E-state index < -0.39 is 0 Å². The van der Waals surface area contributed by atoms with Crippen molar-refractivity contribution in [3.8, 4) is 0 Å². The number of ether oxygens (including phenoxy) is 2. The van der Waals surface area contributed by atoms with Gasteiger partial charge in [0.15, 0.2) is 0 Å². The average Bonchev–Trinajstić information content (AvgIpc) is 2.32. The van der Waals surface area contributed by atoms with Gasteiger partial charge in [-0.1, -0.05) is 17.7 Å². The average molecular weight is 258 g/mol. The minimum absolute atomic E-state index is 0.675. The van der Waals surface area contributed by atoms with E-state index >= 15 is 0 Å². The van der Waals surface area contributed by atoms with Crippen molar-refractivity contribution < 1.29 is 9.47 Å². The van der Waals surface area contributed by atoms with Gasteiger partial charge in [-0.3, -0.25) is 0 Å². The molecule has 96 valence electrons.